The van der Waals surface area contributed by atoms with Gasteiger partial charge in [-0.05, 0) is 42.0 Å². The molecule has 2 aliphatic carbocycles. The Morgan fingerprint density at radius 3 is 2.42 bits per heavy atom. The van der Waals surface area contributed by atoms with Crippen LogP contribution in [0.25, 0.3) is 0 Å². The van der Waals surface area contributed by atoms with E-state index in [9.17, 15) is 18.8 Å². The molecule has 0 aromatic heterocycles. The number of Topliss-reactive ketones (excluding diaryl/α,β-unsaturated/α-hetero) is 3. The van der Waals surface area contributed by atoms with Crippen molar-refractivity contribution < 1.29 is 23.5 Å². The molecule has 1 saturated carbocycles. The molecule has 4 rings (SSSR count). The van der Waals surface area contributed by atoms with Crippen LogP contribution in [0, 0.1) is 5.82 Å². The molecule has 2 aromatic rings. The minimum absolute atomic E-state index is 0.348. The molecule has 0 spiro atoms. The molecule has 0 radical (unpaired) electrons. The van der Waals surface area contributed by atoms with E-state index in [-0.39, 0.29) is 0 Å². The van der Waals surface area contributed by atoms with E-state index in [1.54, 1.807) is 36.4 Å². The van der Waals surface area contributed by atoms with Crippen LogP contribution in [0.5, 0.6) is 0 Å². The SMILES string of the molecule is COC1(Nc2cccc(F)c2)C(NC2C(=O)C(=O)C2=O)=CC=CC1c1ccc(Cl)cc1. The van der Waals surface area contributed by atoms with E-state index in [0.717, 1.165) is 5.56 Å². The van der Waals surface area contributed by atoms with Gasteiger partial charge >= 0.3 is 0 Å². The van der Waals surface area contributed by atoms with Gasteiger partial charge in [0.2, 0.25) is 11.6 Å². The number of ketones is 3. The van der Waals surface area contributed by atoms with E-state index in [1.807, 2.05) is 18.2 Å². The number of anilines is 1. The Bertz CT molecular complexity index is 1110. The Balaban J connectivity index is 1.78. The summed E-state index contributed by atoms with van der Waals surface area (Å²) < 4.78 is 19.8. The Labute approximate surface area is 182 Å². The van der Waals surface area contributed by atoms with Gasteiger partial charge in [0.15, 0.2) is 11.8 Å². The number of carbonyl (C=O) groups is 3. The van der Waals surface area contributed by atoms with Gasteiger partial charge in [0.25, 0.3) is 5.78 Å². The highest BCUT2D eigenvalue weighted by Gasteiger charge is 2.52. The topological polar surface area (TPSA) is 84.5 Å². The van der Waals surface area contributed by atoms with E-state index < -0.39 is 40.9 Å². The number of hydrogen-bond acceptors (Lipinski definition) is 6. The molecule has 2 unspecified atom stereocenters. The first-order chi connectivity index (χ1) is 14.9. The third-order valence-electron chi connectivity index (χ3n) is 5.38. The van der Waals surface area contributed by atoms with Crippen LogP contribution < -0.4 is 10.6 Å². The largest absolute Gasteiger partial charge is 0.368 e. The van der Waals surface area contributed by atoms with Crippen LogP contribution in [-0.2, 0) is 19.1 Å². The average molecular weight is 441 g/mol. The first-order valence-electron chi connectivity index (χ1n) is 9.48. The van der Waals surface area contributed by atoms with Crippen molar-refractivity contribution in [2.45, 2.75) is 17.7 Å². The molecule has 158 valence electrons. The molecule has 0 amide bonds. The first-order valence-corrected chi connectivity index (χ1v) is 9.86. The molecule has 2 atom stereocenters. The fraction of sp³-hybridized carbons (Fsp3) is 0.174. The van der Waals surface area contributed by atoms with Crippen molar-refractivity contribution in [2.75, 3.05) is 12.4 Å². The number of allylic oxidation sites excluding steroid dienone is 2. The fourth-order valence-corrected chi connectivity index (χ4v) is 3.91. The number of halogens is 2. The van der Waals surface area contributed by atoms with Crippen LogP contribution >= 0.6 is 11.6 Å². The van der Waals surface area contributed by atoms with Crippen LogP contribution in [0.4, 0.5) is 10.1 Å². The predicted octanol–water partition coefficient (Wildman–Crippen LogP) is 3.15. The number of methoxy groups -OCH3 is 1. The Morgan fingerprint density at radius 2 is 1.77 bits per heavy atom. The van der Waals surface area contributed by atoms with Crippen molar-refractivity contribution >= 4 is 34.6 Å². The second kappa shape index (κ2) is 8.09. The normalized spacial score (nSPS) is 23.4. The van der Waals surface area contributed by atoms with Crippen molar-refractivity contribution in [2.24, 2.45) is 0 Å². The highest BCUT2D eigenvalue weighted by Crippen LogP contribution is 2.41. The van der Waals surface area contributed by atoms with Gasteiger partial charge in [0.05, 0.1) is 11.6 Å². The minimum atomic E-state index is -1.34. The molecule has 31 heavy (non-hydrogen) atoms. The molecule has 2 aromatic carbocycles. The number of benzene rings is 2. The van der Waals surface area contributed by atoms with Gasteiger partial charge in [-0.3, -0.25) is 14.4 Å². The predicted molar refractivity (Wildman–Crippen MR) is 113 cm³/mol. The van der Waals surface area contributed by atoms with Crippen molar-refractivity contribution in [3.05, 3.63) is 88.9 Å². The maximum atomic E-state index is 13.9. The average Bonchev–Trinajstić information content (AvgIpc) is 2.78. The van der Waals surface area contributed by atoms with Crippen LogP contribution in [-0.4, -0.2) is 36.2 Å². The standard InChI is InChI=1S/C23H18ClFN2O4/c1-31-23(27-16-5-2-4-15(25)12-16)17(13-8-10-14(24)11-9-13)6-3-7-18(23)26-19-20(28)22(30)21(19)29/h2-12,17,19,26-27H,1H3. The molecule has 0 heterocycles. The summed E-state index contributed by atoms with van der Waals surface area (Å²) >= 11 is 6.04. The van der Waals surface area contributed by atoms with Crippen LogP contribution in [0.15, 0.2) is 72.5 Å². The molecule has 0 aliphatic heterocycles. The van der Waals surface area contributed by atoms with Gasteiger partial charge in [0, 0.05) is 17.8 Å². The van der Waals surface area contributed by atoms with Gasteiger partial charge in [0.1, 0.15) is 5.82 Å². The molecule has 2 N–H and O–H groups in total. The maximum Gasteiger partial charge on any atom is 0.269 e. The first kappa shape index (κ1) is 21.0. The van der Waals surface area contributed by atoms with Crippen molar-refractivity contribution in [1.82, 2.24) is 5.32 Å². The van der Waals surface area contributed by atoms with Crippen LogP contribution in [0.1, 0.15) is 11.5 Å². The molecule has 6 nitrogen and oxygen atoms in total. The summed E-state index contributed by atoms with van der Waals surface area (Å²) in [5.74, 6) is -3.54. The summed E-state index contributed by atoms with van der Waals surface area (Å²) in [6, 6.07) is 11.7. The van der Waals surface area contributed by atoms with Crippen molar-refractivity contribution in [3.8, 4) is 0 Å². The van der Waals surface area contributed by atoms with Crippen LogP contribution in [0.3, 0.4) is 0 Å². The lowest BCUT2D eigenvalue weighted by Gasteiger charge is -2.44. The summed E-state index contributed by atoms with van der Waals surface area (Å²) in [5, 5.41) is 6.62. The van der Waals surface area contributed by atoms with E-state index in [1.165, 1.54) is 19.2 Å². The molecule has 2 aliphatic rings. The molecular formula is C23H18ClFN2O4. The third kappa shape index (κ3) is 3.66. The smallest absolute Gasteiger partial charge is 0.269 e. The molecule has 0 saturated heterocycles. The van der Waals surface area contributed by atoms with Crippen LogP contribution in [0.2, 0.25) is 5.02 Å². The molecule has 1 fully saturated rings. The monoisotopic (exact) mass is 440 g/mol. The van der Waals surface area contributed by atoms with Gasteiger partial charge in [-0.15, -0.1) is 0 Å². The summed E-state index contributed by atoms with van der Waals surface area (Å²) in [6.45, 7) is 0. The Kier molecular flexibility index (Phi) is 5.47. The quantitative estimate of drug-likeness (QED) is 0.408. The Hall–Kier alpha value is -3.29. The zero-order chi connectivity index (χ0) is 22.2. The number of rotatable bonds is 6. The summed E-state index contributed by atoms with van der Waals surface area (Å²) in [5.41, 5.74) is 0.253. The molecular weight excluding hydrogens is 423 g/mol. The lowest BCUT2D eigenvalue weighted by Crippen LogP contribution is -2.64. The van der Waals surface area contributed by atoms with Gasteiger partial charge < -0.3 is 15.4 Å². The summed E-state index contributed by atoms with van der Waals surface area (Å²) in [6.07, 6.45) is 5.27. The fourth-order valence-electron chi connectivity index (χ4n) is 3.79. The lowest BCUT2D eigenvalue weighted by atomic mass is 9.80. The third-order valence-corrected chi connectivity index (χ3v) is 5.63. The van der Waals surface area contributed by atoms with E-state index in [2.05, 4.69) is 10.6 Å². The minimum Gasteiger partial charge on any atom is -0.368 e. The highest BCUT2D eigenvalue weighted by atomic mass is 35.5. The van der Waals surface area contributed by atoms with Gasteiger partial charge in [-0.2, -0.15) is 0 Å². The van der Waals surface area contributed by atoms with E-state index in [0.29, 0.717) is 16.4 Å². The second-order valence-corrected chi connectivity index (χ2v) is 7.64. The van der Waals surface area contributed by atoms with E-state index in [4.69, 9.17) is 16.3 Å². The molecule has 0 bridgehead atoms. The number of hydrogen-bond donors (Lipinski definition) is 2. The second-order valence-electron chi connectivity index (χ2n) is 7.20. The maximum absolute atomic E-state index is 13.9. The number of nitrogens with one attached hydrogen (secondary N) is 2. The summed E-state index contributed by atoms with van der Waals surface area (Å²) in [7, 11) is 1.46. The van der Waals surface area contributed by atoms with Gasteiger partial charge in [-0.25, -0.2) is 4.39 Å². The number of carbonyl (C=O) groups excluding carboxylic acids is 3. The lowest BCUT2D eigenvalue weighted by molar-refractivity contribution is -0.154. The van der Waals surface area contributed by atoms with Crippen molar-refractivity contribution in [3.63, 3.8) is 0 Å². The Morgan fingerprint density at radius 1 is 1.06 bits per heavy atom. The summed E-state index contributed by atoms with van der Waals surface area (Å²) in [4.78, 5) is 35.3. The van der Waals surface area contributed by atoms with E-state index >= 15 is 0 Å². The molecule has 8 heteroatoms. The number of ether oxygens (including phenoxy) is 1. The van der Waals surface area contributed by atoms with Gasteiger partial charge in [-0.1, -0.05) is 42.0 Å². The zero-order valence-corrected chi connectivity index (χ0v) is 17.2. The zero-order valence-electron chi connectivity index (χ0n) is 16.4. The van der Waals surface area contributed by atoms with Crippen molar-refractivity contribution in [1.29, 1.82) is 0 Å². The highest BCUT2D eigenvalue weighted by molar-refractivity contribution is 6.78.